The normalized spacial score (nSPS) is 18.4. The Bertz CT molecular complexity index is 518. The van der Waals surface area contributed by atoms with Gasteiger partial charge in [0.05, 0.1) is 12.5 Å². The maximum absolute atomic E-state index is 12.9. The Morgan fingerprint density at radius 2 is 2.05 bits per heavy atom. The van der Waals surface area contributed by atoms with Crippen LogP contribution in [0.1, 0.15) is 12.8 Å². The number of benzene rings is 1. The van der Waals surface area contributed by atoms with Crippen molar-refractivity contribution in [2.45, 2.75) is 12.8 Å². The van der Waals surface area contributed by atoms with Gasteiger partial charge >= 0.3 is 0 Å². The lowest BCUT2D eigenvalue weighted by Crippen LogP contribution is -2.47. The van der Waals surface area contributed by atoms with Crippen molar-refractivity contribution < 1.29 is 14.0 Å². The highest BCUT2D eigenvalue weighted by atomic mass is 19.1. The minimum absolute atomic E-state index is 0.0484. The molecule has 2 rings (SSSR count). The number of hydrogen-bond acceptors (Lipinski definition) is 3. The van der Waals surface area contributed by atoms with Crippen molar-refractivity contribution in [3.63, 3.8) is 0 Å². The Balaban J connectivity index is 1.94. The van der Waals surface area contributed by atoms with Crippen LogP contribution in [0.2, 0.25) is 0 Å². The Hall–Kier alpha value is -2.11. The second kappa shape index (κ2) is 6.56. The van der Waals surface area contributed by atoms with Crippen molar-refractivity contribution in [1.82, 2.24) is 4.90 Å². The van der Waals surface area contributed by atoms with Gasteiger partial charge in [0.1, 0.15) is 5.82 Å². The molecule has 114 valence electrons. The van der Waals surface area contributed by atoms with Crippen molar-refractivity contribution >= 4 is 17.5 Å². The fourth-order valence-electron chi connectivity index (χ4n) is 2.53. The van der Waals surface area contributed by atoms with Gasteiger partial charge in [0.25, 0.3) is 0 Å². The highest BCUT2D eigenvalue weighted by Gasteiger charge is 2.27. The monoisotopic (exact) mass is 293 g/mol. The number of primary amides is 1. The molecule has 21 heavy (non-hydrogen) atoms. The average Bonchev–Trinajstić information content (AvgIpc) is 2.48. The molecule has 1 aliphatic heterocycles. The molecule has 1 aromatic carbocycles. The van der Waals surface area contributed by atoms with Crippen LogP contribution in [0.5, 0.6) is 0 Å². The number of rotatable bonds is 4. The van der Waals surface area contributed by atoms with E-state index in [0.717, 1.165) is 18.5 Å². The molecule has 1 atom stereocenters. The molecule has 6 heteroatoms. The topological polar surface area (TPSA) is 66.6 Å². The number of likely N-dealkylation sites (tertiary alicyclic amines) is 1. The summed E-state index contributed by atoms with van der Waals surface area (Å²) in [5.41, 5.74) is 6.08. The largest absolute Gasteiger partial charge is 0.369 e. The summed E-state index contributed by atoms with van der Waals surface area (Å²) in [7, 11) is 1.78. The van der Waals surface area contributed by atoms with Crippen LogP contribution in [0, 0.1) is 11.7 Å². The maximum atomic E-state index is 12.9. The predicted octanol–water partition coefficient (Wildman–Crippen LogP) is 0.986. The molecule has 0 radical (unpaired) electrons. The Labute approximate surface area is 123 Å². The van der Waals surface area contributed by atoms with E-state index in [9.17, 15) is 14.0 Å². The van der Waals surface area contributed by atoms with E-state index in [-0.39, 0.29) is 30.1 Å². The number of piperidine rings is 1. The van der Waals surface area contributed by atoms with E-state index >= 15 is 0 Å². The number of halogens is 1. The predicted molar refractivity (Wildman–Crippen MR) is 78.2 cm³/mol. The molecule has 0 bridgehead atoms. The van der Waals surface area contributed by atoms with Gasteiger partial charge in [-0.15, -0.1) is 0 Å². The van der Waals surface area contributed by atoms with Crippen LogP contribution in [0.3, 0.4) is 0 Å². The molecule has 1 saturated heterocycles. The molecule has 1 unspecified atom stereocenters. The van der Waals surface area contributed by atoms with E-state index in [2.05, 4.69) is 0 Å². The summed E-state index contributed by atoms with van der Waals surface area (Å²) in [4.78, 5) is 27.0. The quantitative estimate of drug-likeness (QED) is 0.900. The summed E-state index contributed by atoms with van der Waals surface area (Å²) in [6.45, 7) is 1.24. The zero-order valence-corrected chi connectivity index (χ0v) is 12.1. The first-order valence-corrected chi connectivity index (χ1v) is 7.01. The smallest absolute Gasteiger partial charge is 0.242 e. The average molecular weight is 293 g/mol. The third kappa shape index (κ3) is 3.93. The zero-order chi connectivity index (χ0) is 15.4. The van der Waals surface area contributed by atoms with Crippen LogP contribution in [0.25, 0.3) is 0 Å². The van der Waals surface area contributed by atoms with Gasteiger partial charge in [-0.1, -0.05) is 0 Å². The first kappa shape index (κ1) is 15.3. The van der Waals surface area contributed by atoms with Gasteiger partial charge in [-0.3, -0.25) is 9.59 Å². The van der Waals surface area contributed by atoms with Crippen molar-refractivity contribution in [1.29, 1.82) is 0 Å². The van der Waals surface area contributed by atoms with Crippen molar-refractivity contribution in [2.24, 2.45) is 11.7 Å². The SMILES string of the molecule is CN(CC(=O)N1CCCC(C(N)=O)C1)c1ccc(F)cc1. The van der Waals surface area contributed by atoms with E-state index in [4.69, 9.17) is 5.73 Å². The van der Waals surface area contributed by atoms with Crippen LogP contribution >= 0.6 is 0 Å². The lowest BCUT2D eigenvalue weighted by atomic mass is 9.97. The number of nitrogens with zero attached hydrogens (tertiary/aromatic N) is 2. The van der Waals surface area contributed by atoms with E-state index in [1.807, 2.05) is 0 Å². The standard InChI is InChI=1S/C15H20FN3O2/c1-18(13-6-4-12(16)5-7-13)10-14(20)19-8-2-3-11(9-19)15(17)21/h4-7,11H,2-3,8-10H2,1H3,(H2,17,21). The van der Waals surface area contributed by atoms with Crippen LogP contribution < -0.4 is 10.6 Å². The van der Waals surface area contributed by atoms with E-state index in [1.165, 1.54) is 12.1 Å². The van der Waals surface area contributed by atoms with Gasteiger partial charge in [-0.05, 0) is 37.1 Å². The first-order chi connectivity index (χ1) is 9.97. The van der Waals surface area contributed by atoms with Crippen LogP contribution in [0.4, 0.5) is 10.1 Å². The molecule has 1 aliphatic rings. The van der Waals surface area contributed by atoms with Crippen molar-refractivity contribution in [3.05, 3.63) is 30.1 Å². The van der Waals surface area contributed by atoms with E-state index in [1.54, 1.807) is 29.0 Å². The molecule has 1 heterocycles. The summed E-state index contributed by atoms with van der Waals surface area (Å²) < 4.78 is 12.9. The number of carbonyl (C=O) groups is 2. The minimum atomic E-state index is -0.348. The number of hydrogen-bond donors (Lipinski definition) is 1. The molecule has 1 aromatic rings. The fourth-order valence-corrected chi connectivity index (χ4v) is 2.53. The fraction of sp³-hybridized carbons (Fsp3) is 0.467. The summed E-state index contributed by atoms with van der Waals surface area (Å²) in [6, 6.07) is 5.98. The lowest BCUT2D eigenvalue weighted by molar-refractivity contribution is -0.133. The highest BCUT2D eigenvalue weighted by Crippen LogP contribution is 2.17. The summed E-state index contributed by atoms with van der Waals surface area (Å²) in [5.74, 6) is -0.954. The highest BCUT2D eigenvalue weighted by molar-refractivity contribution is 5.83. The molecular formula is C15H20FN3O2. The summed E-state index contributed by atoms with van der Waals surface area (Å²) in [5, 5.41) is 0. The second-order valence-electron chi connectivity index (χ2n) is 5.41. The molecule has 0 aromatic heterocycles. The van der Waals surface area contributed by atoms with Gasteiger partial charge < -0.3 is 15.5 Å². The second-order valence-corrected chi connectivity index (χ2v) is 5.41. The van der Waals surface area contributed by atoms with Crippen LogP contribution in [-0.2, 0) is 9.59 Å². The van der Waals surface area contributed by atoms with Crippen molar-refractivity contribution in [2.75, 3.05) is 31.6 Å². The number of likely N-dealkylation sites (N-methyl/N-ethyl adjacent to an activating group) is 1. The molecule has 0 spiro atoms. The number of nitrogens with two attached hydrogens (primary N) is 1. The third-order valence-corrected chi connectivity index (χ3v) is 3.82. The summed E-state index contributed by atoms with van der Waals surface area (Å²) in [6.07, 6.45) is 1.53. The number of carbonyl (C=O) groups excluding carboxylic acids is 2. The lowest BCUT2D eigenvalue weighted by Gasteiger charge is -2.32. The summed E-state index contributed by atoms with van der Waals surface area (Å²) >= 11 is 0. The third-order valence-electron chi connectivity index (χ3n) is 3.82. The van der Waals surface area contributed by atoms with Crippen molar-refractivity contribution in [3.8, 4) is 0 Å². The molecule has 2 amide bonds. The van der Waals surface area contributed by atoms with Crippen LogP contribution in [-0.4, -0.2) is 43.4 Å². The van der Waals surface area contributed by atoms with Gasteiger partial charge in [-0.2, -0.15) is 0 Å². The molecule has 2 N–H and O–H groups in total. The van der Waals surface area contributed by atoms with E-state index in [0.29, 0.717) is 13.1 Å². The Morgan fingerprint density at radius 1 is 1.38 bits per heavy atom. The Morgan fingerprint density at radius 3 is 2.67 bits per heavy atom. The minimum Gasteiger partial charge on any atom is -0.369 e. The molecule has 0 saturated carbocycles. The van der Waals surface area contributed by atoms with Gasteiger partial charge in [0, 0.05) is 25.8 Å². The Kier molecular flexibility index (Phi) is 4.77. The van der Waals surface area contributed by atoms with Crippen LogP contribution in [0.15, 0.2) is 24.3 Å². The molecule has 0 aliphatic carbocycles. The van der Waals surface area contributed by atoms with E-state index < -0.39 is 0 Å². The van der Waals surface area contributed by atoms with Gasteiger partial charge in [0.2, 0.25) is 11.8 Å². The maximum Gasteiger partial charge on any atom is 0.242 e. The number of amides is 2. The zero-order valence-electron chi connectivity index (χ0n) is 12.1. The number of anilines is 1. The van der Waals surface area contributed by atoms with Gasteiger partial charge in [-0.25, -0.2) is 4.39 Å². The molecule has 5 nitrogen and oxygen atoms in total. The molecule has 1 fully saturated rings. The van der Waals surface area contributed by atoms with Gasteiger partial charge in [0.15, 0.2) is 0 Å². The molecular weight excluding hydrogens is 273 g/mol. The first-order valence-electron chi connectivity index (χ1n) is 7.01.